The van der Waals surface area contributed by atoms with Gasteiger partial charge >= 0.3 is 0 Å². The van der Waals surface area contributed by atoms with Crippen LogP contribution < -0.4 is 5.32 Å². The lowest BCUT2D eigenvalue weighted by Gasteiger charge is -2.15. The molecule has 0 aliphatic heterocycles. The van der Waals surface area contributed by atoms with Crippen LogP contribution in [0, 0.1) is 10.1 Å². The lowest BCUT2D eigenvalue weighted by Crippen LogP contribution is -2.26. The fourth-order valence-electron chi connectivity index (χ4n) is 1.91. The number of hydrogen-bond donors (Lipinski definition) is 1. The van der Waals surface area contributed by atoms with Gasteiger partial charge in [0.15, 0.2) is 0 Å². The van der Waals surface area contributed by atoms with E-state index in [1.807, 2.05) is 31.2 Å². The number of nitrogens with one attached hydrogen (secondary N) is 1. The van der Waals surface area contributed by atoms with Gasteiger partial charge < -0.3 is 5.32 Å². The van der Waals surface area contributed by atoms with Gasteiger partial charge in [0.05, 0.1) is 21.6 Å². The Kier molecular flexibility index (Phi) is 5.15. The highest BCUT2D eigenvalue weighted by Gasteiger charge is 2.18. The van der Waals surface area contributed by atoms with E-state index in [1.54, 1.807) is 0 Å². The molecule has 0 bridgehead atoms. The Balaban J connectivity index is 2.20. The van der Waals surface area contributed by atoms with Gasteiger partial charge in [0.2, 0.25) is 0 Å². The van der Waals surface area contributed by atoms with Crippen LogP contribution in [0.2, 0.25) is 5.02 Å². The zero-order chi connectivity index (χ0) is 16.3. The first-order valence-corrected chi connectivity index (χ1v) is 7.56. The van der Waals surface area contributed by atoms with Crippen LogP contribution in [0.5, 0.6) is 0 Å². The molecule has 0 fully saturated rings. The summed E-state index contributed by atoms with van der Waals surface area (Å²) >= 11 is 9.30. The summed E-state index contributed by atoms with van der Waals surface area (Å²) in [4.78, 5) is 22.5. The number of halogens is 2. The Morgan fingerprint density at radius 3 is 2.50 bits per heavy atom. The van der Waals surface area contributed by atoms with Gasteiger partial charge in [-0.15, -0.1) is 0 Å². The zero-order valence-electron chi connectivity index (χ0n) is 11.5. The van der Waals surface area contributed by atoms with Gasteiger partial charge in [0, 0.05) is 16.6 Å². The Hall–Kier alpha value is -1.92. The first kappa shape index (κ1) is 16.5. The maximum atomic E-state index is 12.3. The summed E-state index contributed by atoms with van der Waals surface area (Å²) in [7, 11) is 0. The van der Waals surface area contributed by atoms with Crippen LogP contribution in [-0.2, 0) is 0 Å². The molecule has 1 amide bonds. The number of nitrogens with zero attached hydrogens (tertiary/aromatic N) is 1. The second-order valence-corrected chi connectivity index (χ2v) is 5.99. The van der Waals surface area contributed by atoms with Gasteiger partial charge in [-0.05, 0) is 30.7 Å². The Morgan fingerprint density at radius 1 is 1.27 bits per heavy atom. The minimum Gasteiger partial charge on any atom is -0.345 e. The van der Waals surface area contributed by atoms with Crippen molar-refractivity contribution < 1.29 is 9.72 Å². The SMILES string of the molecule is CC(NC(=O)c1cc([N+](=O)[O-])ccc1Cl)c1ccc(Br)cc1. The summed E-state index contributed by atoms with van der Waals surface area (Å²) in [5.74, 6) is -0.455. The van der Waals surface area contributed by atoms with Crippen LogP contribution >= 0.6 is 27.5 Å². The molecule has 1 N–H and O–H groups in total. The van der Waals surface area contributed by atoms with E-state index in [-0.39, 0.29) is 22.3 Å². The van der Waals surface area contributed by atoms with Crippen LogP contribution in [0.3, 0.4) is 0 Å². The minimum absolute atomic E-state index is 0.0832. The number of non-ortho nitro benzene ring substituents is 1. The first-order valence-electron chi connectivity index (χ1n) is 6.38. The molecule has 5 nitrogen and oxygen atoms in total. The minimum atomic E-state index is -0.564. The summed E-state index contributed by atoms with van der Waals surface area (Å²) in [6.07, 6.45) is 0. The Bertz CT molecular complexity index is 719. The van der Waals surface area contributed by atoms with Gasteiger partial charge in [0.25, 0.3) is 11.6 Å². The normalized spacial score (nSPS) is 11.8. The van der Waals surface area contributed by atoms with Crippen LogP contribution in [-0.4, -0.2) is 10.8 Å². The van der Waals surface area contributed by atoms with Crippen LogP contribution in [0.15, 0.2) is 46.9 Å². The van der Waals surface area contributed by atoms with E-state index in [1.165, 1.54) is 18.2 Å². The molecule has 1 atom stereocenters. The average molecular weight is 384 g/mol. The van der Waals surface area contributed by atoms with Gasteiger partial charge in [-0.1, -0.05) is 39.7 Å². The molecule has 0 saturated carbocycles. The number of amides is 1. The summed E-state index contributed by atoms with van der Waals surface area (Å²) in [5, 5.41) is 13.7. The number of hydrogen-bond acceptors (Lipinski definition) is 3. The largest absolute Gasteiger partial charge is 0.345 e. The van der Waals surface area contributed by atoms with Gasteiger partial charge in [-0.2, -0.15) is 0 Å². The fraction of sp³-hybridized carbons (Fsp3) is 0.133. The number of carbonyl (C=O) groups is 1. The molecular formula is C15H12BrClN2O3. The van der Waals surface area contributed by atoms with Crippen molar-refractivity contribution in [1.82, 2.24) is 5.32 Å². The van der Waals surface area contributed by atoms with E-state index in [0.29, 0.717) is 0 Å². The molecule has 2 aromatic carbocycles. The molecule has 0 heterocycles. The summed E-state index contributed by atoms with van der Waals surface area (Å²) in [6, 6.07) is 11.0. The molecule has 0 spiro atoms. The molecule has 0 aliphatic carbocycles. The highest BCUT2D eigenvalue weighted by Crippen LogP contribution is 2.23. The second-order valence-electron chi connectivity index (χ2n) is 4.67. The van der Waals surface area contributed by atoms with Crippen molar-refractivity contribution in [2.45, 2.75) is 13.0 Å². The molecule has 0 aromatic heterocycles. The Morgan fingerprint density at radius 2 is 1.91 bits per heavy atom. The van der Waals surface area contributed by atoms with E-state index in [4.69, 9.17) is 11.6 Å². The van der Waals surface area contributed by atoms with Crippen LogP contribution in [0.4, 0.5) is 5.69 Å². The third kappa shape index (κ3) is 3.84. The molecule has 0 radical (unpaired) electrons. The van der Waals surface area contributed by atoms with E-state index in [2.05, 4.69) is 21.2 Å². The zero-order valence-corrected chi connectivity index (χ0v) is 13.9. The third-order valence-electron chi connectivity index (χ3n) is 3.12. The van der Waals surface area contributed by atoms with E-state index < -0.39 is 10.8 Å². The number of nitro benzene ring substituents is 1. The topological polar surface area (TPSA) is 72.2 Å². The highest BCUT2D eigenvalue weighted by molar-refractivity contribution is 9.10. The number of benzene rings is 2. The fourth-order valence-corrected chi connectivity index (χ4v) is 2.38. The van der Waals surface area contributed by atoms with Gasteiger partial charge in [-0.3, -0.25) is 14.9 Å². The summed E-state index contributed by atoms with van der Waals surface area (Å²) in [6.45, 7) is 1.83. The monoisotopic (exact) mass is 382 g/mol. The highest BCUT2D eigenvalue weighted by atomic mass is 79.9. The molecule has 7 heteroatoms. The van der Waals surface area contributed by atoms with Crippen molar-refractivity contribution in [2.75, 3.05) is 0 Å². The number of rotatable bonds is 4. The van der Waals surface area contributed by atoms with E-state index in [9.17, 15) is 14.9 Å². The molecule has 22 heavy (non-hydrogen) atoms. The van der Waals surface area contributed by atoms with Crippen LogP contribution in [0.1, 0.15) is 28.9 Å². The smallest absolute Gasteiger partial charge is 0.270 e. The molecule has 2 rings (SSSR count). The molecular weight excluding hydrogens is 372 g/mol. The average Bonchev–Trinajstić information content (AvgIpc) is 2.47. The predicted octanol–water partition coefficient (Wildman–Crippen LogP) is 4.50. The van der Waals surface area contributed by atoms with Gasteiger partial charge in [0.1, 0.15) is 0 Å². The van der Waals surface area contributed by atoms with Crippen molar-refractivity contribution in [3.63, 3.8) is 0 Å². The maximum Gasteiger partial charge on any atom is 0.270 e. The van der Waals surface area contributed by atoms with Crippen molar-refractivity contribution in [1.29, 1.82) is 0 Å². The molecule has 114 valence electrons. The standard InChI is InChI=1S/C15H12BrClN2O3/c1-9(10-2-4-11(16)5-3-10)18-15(20)13-8-12(19(21)22)6-7-14(13)17/h2-9H,1H3,(H,18,20). The first-order chi connectivity index (χ1) is 10.4. The second kappa shape index (κ2) is 6.89. The molecule has 0 aliphatic rings. The lowest BCUT2D eigenvalue weighted by atomic mass is 10.1. The number of carbonyl (C=O) groups excluding carboxylic acids is 1. The summed E-state index contributed by atoms with van der Waals surface area (Å²) < 4.78 is 0.941. The van der Waals surface area contributed by atoms with Crippen molar-refractivity contribution >= 4 is 39.1 Å². The predicted molar refractivity (Wildman–Crippen MR) is 88.1 cm³/mol. The lowest BCUT2D eigenvalue weighted by molar-refractivity contribution is -0.384. The molecule has 1 unspecified atom stereocenters. The number of nitro groups is 1. The van der Waals surface area contributed by atoms with Crippen molar-refractivity contribution in [2.24, 2.45) is 0 Å². The van der Waals surface area contributed by atoms with Crippen molar-refractivity contribution in [3.05, 3.63) is 73.2 Å². The van der Waals surface area contributed by atoms with Crippen LogP contribution in [0.25, 0.3) is 0 Å². The Labute approximate surface area is 140 Å². The van der Waals surface area contributed by atoms with E-state index in [0.717, 1.165) is 10.0 Å². The molecule has 0 saturated heterocycles. The molecule has 2 aromatic rings. The van der Waals surface area contributed by atoms with Crippen molar-refractivity contribution in [3.8, 4) is 0 Å². The van der Waals surface area contributed by atoms with Gasteiger partial charge in [-0.25, -0.2) is 0 Å². The third-order valence-corrected chi connectivity index (χ3v) is 3.98. The maximum absolute atomic E-state index is 12.3. The van der Waals surface area contributed by atoms with E-state index >= 15 is 0 Å². The quantitative estimate of drug-likeness (QED) is 0.624. The summed E-state index contributed by atoms with van der Waals surface area (Å²) in [5.41, 5.74) is 0.823.